The van der Waals surface area contributed by atoms with E-state index in [2.05, 4.69) is 36.4 Å². The number of benzene rings is 5. The molecule has 3 atom stereocenters. The molecule has 42 heavy (non-hydrogen) atoms. The smallest absolute Gasteiger partial charge is 0.271 e. The summed E-state index contributed by atoms with van der Waals surface area (Å²) in [7, 11) is 0. The molecule has 202 valence electrons. The summed E-state index contributed by atoms with van der Waals surface area (Å²) in [5.74, 6) is -1.40. The van der Waals surface area contributed by atoms with Gasteiger partial charge in [0.15, 0.2) is 0 Å². The number of nitrogens with zero attached hydrogens (tertiary/aromatic N) is 2. The summed E-state index contributed by atoms with van der Waals surface area (Å²) in [5, 5.41) is 1.87. The van der Waals surface area contributed by atoms with Gasteiger partial charge >= 0.3 is 0 Å². The van der Waals surface area contributed by atoms with Crippen LogP contribution in [-0.2, 0) is 14.4 Å². The fourth-order valence-corrected chi connectivity index (χ4v) is 8.48. The van der Waals surface area contributed by atoms with Crippen molar-refractivity contribution in [1.82, 2.24) is 0 Å². The largest absolute Gasteiger partial charge is 0.273 e. The van der Waals surface area contributed by atoms with Crippen LogP contribution in [0.2, 0.25) is 0 Å². The maximum atomic E-state index is 15.5. The molecular weight excluding hydrogens is 520 g/mol. The Morgan fingerprint density at radius 1 is 0.500 bits per heavy atom. The first-order chi connectivity index (χ1) is 20.7. The first-order valence-electron chi connectivity index (χ1n) is 14.4. The predicted molar refractivity (Wildman–Crippen MR) is 160 cm³/mol. The lowest BCUT2D eigenvalue weighted by atomic mass is 9.43. The Bertz CT molecular complexity index is 1850. The second-order valence-electron chi connectivity index (χ2n) is 11.6. The number of para-hydroxylation sites is 2. The number of hydrogen-bond acceptors (Lipinski definition) is 4. The van der Waals surface area contributed by atoms with Gasteiger partial charge in [-0.25, -0.2) is 9.96 Å². The molecule has 2 fully saturated rings. The summed E-state index contributed by atoms with van der Waals surface area (Å²) < 4.78 is 0. The van der Waals surface area contributed by atoms with Gasteiger partial charge < -0.3 is 0 Å². The van der Waals surface area contributed by atoms with Crippen molar-refractivity contribution < 1.29 is 14.4 Å². The molecule has 2 saturated heterocycles. The number of imide groups is 1. The lowest BCUT2D eigenvalue weighted by Crippen LogP contribution is -2.63. The maximum Gasteiger partial charge on any atom is 0.271 e. The number of hydrogen-bond donors (Lipinski definition) is 0. The van der Waals surface area contributed by atoms with E-state index in [1.165, 1.54) is 4.90 Å². The van der Waals surface area contributed by atoms with Gasteiger partial charge in [-0.1, -0.05) is 115 Å². The molecule has 0 saturated carbocycles. The second-order valence-corrected chi connectivity index (χ2v) is 11.6. The third-order valence-corrected chi connectivity index (χ3v) is 9.84. The third-order valence-electron chi connectivity index (χ3n) is 9.84. The summed E-state index contributed by atoms with van der Waals surface area (Å²) in [6.45, 7) is 0. The van der Waals surface area contributed by atoms with Gasteiger partial charge in [-0.05, 0) is 52.1 Å². The highest BCUT2D eigenvalue weighted by atomic mass is 16.7. The van der Waals surface area contributed by atoms with Crippen LogP contribution in [0, 0.1) is 5.41 Å². The van der Waals surface area contributed by atoms with Crippen molar-refractivity contribution in [1.29, 1.82) is 0 Å². The highest BCUT2D eigenvalue weighted by Gasteiger charge is 2.87. The second kappa shape index (κ2) is 8.28. The standard InChI is InChI=1S/C37H26N2O3/c40-34-36-31-27-20-10-12-22-29(27)32(30-23-13-11-21-28(30)31)37(36,35(41)38(34)25-16-6-2-7-17-25)42-39(26-18-8-3-9-19-26)33(36)24-14-4-1-5-15-24/h1-23,31-33H. The Balaban J connectivity index is 1.44. The minimum Gasteiger partial charge on any atom is -0.273 e. The molecule has 2 aliphatic heterocycles. The molecule has 3 unspecified atom stereocenters. The SMILES string of the molecule is O=C1N(c2ccccc2)C(=O)C23C4c5ccccc5C(c5ccccc54)C12ON(c1ccccc1)C3c1ccccc1. The van der Waals surface area contributed by atoms with Crippen molar-refractivity contribution in [3.63, 3.8) is 0 Å². The lowest BCUT2D eigenvalue weighted by molar-refractivity contribution is -0.153. The first kappa shape index (κ1) is 23.7. The topological polar surface area (TPSA) is 49.9 Å². The minimum atomic E-state index is -1.50. The number of rotatable bonds is 3. The normalized spacial score (nSPS) is 28.3. The molecule has 5 aliphatic rings. The van der Waals surface area contributed by atoms with Crippen LogP contribution >= 0.6 is 0 Å². The number of carbonyl (C=O) groups is 2. The van der Waals surface area contributed by atoms with Crippen LogP contribution < -0.4 is 9.96 Å². The fourth-order valence-electron chi connectivity index (χ4n) is 8.48. The fraction of sp³-hybridized carbons (Fsp3) is 0.135. The van der Waals surface area contributed by atoms with Crippen LogP contribution in [0.3, 0.4) is 0 Å². The zero-order valence-corrected chi connectivity index (χ0v) is 22.6. The minimum absolute atomic E-state index is 0.218. The quantitative estimate of drug-likeness (QED) is 0.235. The Morgan fingerprint density at radius 2 is 0.952 bits per heavy atom. The van der Waals surface area contributed by atoms with Gasteiger partial charge in [0.1, 0.15) is 11.5 Å². The van der Waals surface area contributed by atoms with Crippen LogP contribution in [0.4, 0.5) is 11.4 Å². The van der Waals surface area contributed by atoms with E-state index in [-0.39, 0.29) is 11.8 Å². The first-order valence-corrected chi connectivity index (χ1v) is 14.4. The number of carbonyl (C=O) groups excluding carboxylic acids is 2. The summed E-state index contributed by atoms with van der Waals surface area (Å²) in [5.41, 5.74) is 3.82. The molecule has 5 nitrogen and oxygen atoms in total. The molecule has 0 N–H and O–H groups in total. The average Bonchev–Trinajstić information content (AvgIpc) is 3.49. The molecule has 10 rings (SSSR count). The van der Waals surface area contributed by atoms with Gasteiger partial charge in [0, 0.05) is 5.92 Å². The van der Waals surface area contributed by atoms with Gasteiger partial charge in [-0.15, -0.1) is 0 Å². The van der Waals surface area contributed by atoms with Crippen molar-refractivity contribution in [3.8, 4) is 0 Å². The van der Waals surface area contributed by atoms with Gasteiger partial charge in [-0.3, -0.25) is 14.4 Å². The number of hydroxylamine groups is 1. The van der Waals surface area contributed by atoms with E-state index in [0.717, 1.165) is 33.5 Å². The zero-order chi connectivity index (χ0) is 28.1. The van der Waals surface area contributed by atoms with Gasteiger partial charge in [0.2, 0.25) is 11.5 Å². The summed E-state index contributed by atoms with van der Waals surface area (Å²) >= 11 is 0. The zero-order valence-electron chi connectivity index (χ0n) is 22.6. The number of amides is 2. The van der Waals surface area contributed by atoms with E-state index < -0.39 is 28.9 Å². The van der Waals surface area contributed by atoms with Crippen molar-refractivity contribution in [3.05, 3.63) is 167 Å². The predicted octanol–water partition coefficient (Wildman–Crippen LogP) is 6.77. The van der Waals surface area contributed by atoms with Crippen molar-refractivity contribution in [2.45, 2.75) is 23.5 Å². The van der Waals surface area contributed by atoms with Crippen LogP contribution in [0.1, 0.15) is 45.7 Å². The summed E-state index contributed by atoms with van der Waals surface area (Å²) in [6, 6.07) is 45.3. The van der Waals surface area contributed by atoms with E-state index in [1.807, 2.05) is 108 Å². The van der Waals surface area contributed by atoms with Gasteiger partial charge in [0.25, 0.3) is 5.91 Å². The molecule has 2 bridgehead atoms. The third kappa shape index (κ3) is 2.59. The molecule has 2 amide bonds. The highest BCUT2D eigenvalue weighted by Crippen LogP contribution is 2.77. The van der Waals surface area contributed by atoms with Crippen LogP contribution in [0.5, 0.6) is 0 Å². The Hall–Kier alpha value is -5.00. The number of anilines is 2. The molecule has 3 aliphatic carbocycles. The molecule has 0 radical (unpaired) electrons. The Labute approximate surface area is 243 Å². The molecule has 5 aromatic carbocycles. The van der Waals surface area contributed by atoms with E-state index >= 15 is 9.59 Å². The molecule has 5 aromatic rings. The van der Waals surface area contributed by atoms with Crippen molar-refractivity contribution >= 4 is 23.2 Å². The van der Waals surface area contributed by atoms with Gasteiger partial charge in [0.05, 0.1) is 17.3 Å². The van der Waals surface area contributed by atoms with Crippen LogP contribution in [-0.4, -0.2) is 17.4 Å². The summed E-state index contributed by atoms with van der Waals surface area (Å²) in [4.78, 5) is 39.4. The van der Waals surface area contributed by atoms with E-state index in [9.17, 15) is 0 Å². The Kier molecular flexibility index (Phi) is 4.67. The van der Waals surface area contributed by atoms with Crippen molar-refractivity contribution in [2.75, 3.05) is 9.96 Å². The Morgan fingerprint density at radius 3 is 1.50 bits per heavy atom. The van der Waals surface area contributed by atoms with E-state index in [4.69, 9.17) is 4.84 Å². The van der Waals surface area contributed by atoms with Crippen LogP contribution in [0.15, 0.2) is 140 Å². The molecule has 0 aromatic heterocycles. The van der Waals surface area contributed by atoms with Crippen molar-refractivity contribution in [2.24, 2.45) is 5.41 Å². The average molecular weight is 547 g/mol. The molecule has 0 spiro atoms. The lowest BCUT2D eigenvalue weighted by Gasteiger charge is -2.55. The molecule has 5 heteroatoms. The van der Waals surface area contributed by atoms with E-state index in [1.54, 1.807) is 0 Å². The highest BCUT2D eigenvalue weighted by molar-refractivity contribution is 6.29. The maximum absolute atomic E-state index is 15.5. The van der Waals surface area contributed by atoms with E-state index in [0.29, 0.717) is 5.69 Å². The molecular formula is C37H26N2O3. The van der Waals surface area contributed by atoms with Gasteiger partial charge in [-0.2, -0.15) is 0 Å². The monoisotopic (exact) mass is 546 g/mol. The molecule has 2 heterocycles. The van der Waals surface area contributed by atoms with Crippen LogP contribution in [0.25, 0.3) is 0 Å². The summed E-state index contributed by atoms with van der Waals surface area (Å²) in [6.07, 6.45) is 0.